The first kappa shape index (κ1) is 13.2. The van der Waals surface area contributed by atoms with Crippen LogP contribution in [0.5, 0.6) is 5.75 Å². The minimum absolute atomic E-state index is 0.308. The van der Waals surface area contributed by atoms with Crippen molar-refractivity contribution in [3.63, 3.8) is 0 Å². The van der Waals surface area contributed by atoms with E-state index >= 15 is 0 Å². The second kappa shape index (κ2) is 6.63. The molecule has 1 unspecified atom stereocenters. The van der Waals surface area contributed by atoms with Gasteiger partial charge in [0, 0.05) is 6.42 Å². The topological polar surface area (TPSA) is 29.5 Å². The second-order valence-electron chi connectivity index (χ2n) is 4.27. The fourth-order valence-electron chi connectivity index (χ4n) is 1.78. The number of rotatable bonds is 5. The monoisotopic (exact) mass is 252 g/mol. The summed E-state index contributed by atoms with van der Waals surface area (Å²) in [7, 11) is 0. The minimum atomic E-state index is -0.634. The molecular formula is C17H16O2. The van der Waals surface area contributed by atoms with Crippen LogP contribution in [0.3, 0.4) is 0 Å². The van der Waals surface area contributed by atoms with Crippen molar-refractivity contribution in [2.45, 2.75) is 19.1 Å². The number of aliphatic hydroxyl groups is 1. The van der Waals surface area contributed by atoms with Crippen LogP contribution in [0, 0.1) is 12.3 Å². The molecule has 2 rings (SSSR count). The van der Waals surface area contributed by atoms with Crippen LogP contribution in [0.25, 0.3) is 0 Å². The zero-order valence-electron chi connectivity index (χ0n) is 10.6. The number of benzene rings is 2. The van der Waals surface area contributed by atoms with Gasteiger partial charge in [-0.2, -0.15) is 0 Å². The lowest BCUT2D eigenvalue weighted by atomic mass is 10.1. The maximum absolute atomic E-state index is 9.83. The summed E-state index contributed by atoms with van der Waals surface area (Å²) in [6.45, 7) is 0.509. The predicted molar refractivity (Wildman–Crippen MR) is 75.6 cm³/mol. The molecule has 0 bridgehead atoms. The van der Waals surface area contributed by atoms with Crippen LogP contribution in [0.1, 0.15) is 23.7 Å². The zero-order valence-corrected chi connectivity index (χ0v) is 10.6. The van der Waals surface area contributed by atoms with Crippen LogP contribution in [0.2, 0.25) is 0 Å². The standard InChI is InChI=1S/C17H16O2/c1-2-7-17(18)15-10-6-11-16(12-15)19-13-14-8-4-3-5-9-14/h1,3-6,8-12,17-18H,7,13H2. The van der Waals surface area contributed by atoms with E-state index in [4.69, 9.17) is 11.2 Å². The lowest BCUT2D eigenvalue weighted by Gasteiger charge is -2.11. The zero-order chi connectivity index (χ0) is 13.5. The van der Waals surface area contributed by atoms with Crippen molar-refractivity contribution in [1.82, 2.24) is 0 Å². The minimum Gasteiger partial charge on any atom is -0.489 e. The van der Waals surface area contributed by atoms with Gasteiger partial charge in [-0.1, -0.05) is 42.5 Å². The van der Waals surface area contributed by atoms with Gasteiger partial charge in [0.25, 0.3) is 0 Å². The van der Waals surface area contributed by atoms with E-state index in [9.17, 15) is 5.11 Å². The molecule has 0 aromatic heterocycles. The molecule has 0 heterocycles. The average molecular weight is 252 g/mol. The van der Waals surface area contributed by atoms with Crippen molar-refractivity contribution >= 4 is 0 Å². The van der Waals surface area contributed by atoms with Gasteiger partial charge >= 0.3 is 0 Å². The molecule has 2 aromatic carbocycles. The molecule has 96 valence electrons. The molecule has 0 radical (unpaired) electrons. The Balaban J connectivity index is 2.01. The summed E-state index contributed by atoms with van der Waals surface area (Å²) in [5, 5.41) is 9.83. The normalized spacial score (nSPS) is 11.6. The van der Waals surface area contributed by atoms with E-state index in [1.165, 1.54) is 0 Å². The van der Waals surface area contributed by atoms with E-state index in [0.29, 0.717) is 13.0 Å². The summed E-state index contributed by atoms with van der Waals surface area (Å²) in [6, 6.07) is 17.3. The van der Waals surface area contributed by atoms with E-state index in [2.05, 4.69) is 5.92 Å². The van der Waals surface area contributed by atoms with Gasteiger partial charge in [-0.3, -0.25) is 0 Å². The molecule has 19 heavy (non-hydrogen) atoms. The highest BCUT2D eigenvalue weighted by Gasteiger charge is 2.06. The summed E-state index contributed by atoms with van der Waals surface area (Å²) in [4.78, 5) is 0. The molecule has 2 nitrogen and oxygen atoms in total. The Morgan fingerprint density at radius 1 is 1.11 bits per heavy atom. The smallest absolute Gasteiger partial charge is 0.120 e. The number of hydrogen-bond acceptors (Lipinski definition) is 2. The number of hydrogen-bond donors (Lipinski definition) is 1. The van der Waals surface area contributed by atoms with Crippen LogP contribution >= 0.6 is 0 Å². The summed E-state index contributed by atoms with van der Waals surface area (Å²) in [5.41, 5.74) is 1.89. The molecule has 0 amide bonds. The summed E-state index contributed by atoms with van der Waals surface area (Å²) in [6.07, 6.45) is 4.87. The largest absolute Gasteiger partial charge is 0.489 e. The first-order valence-electron chi connectivity index (χ1n) is 6.18. The van der Waals surface area contributed by atoms with Crippen LogP contribution in [0.4, 0.5) is 0 Å². The van der Waals surface area contributed by atoms with Crippen molar-refractivity contribution < 1.29 is 9.84 Å². The Morgan fingerprint density at radius 2 is 1.89 bits per heavy atom. The van der Waals surface area contributed by atoms with E-state index in [1.807, 2.05) is 54.6 Å². The Morgan fingerprint density at radius 3 is 2.63 bits per heavy atom. The van der Waals surface area contributed by atoms with Gasteiger partial charge in [0.1, 0.15) is 12.4 Å². The van der Waals surface area contributed by atoms with Crippen molar-refractivity contribution in [3.05, 3.63) is 65.7 Å². The van der Waals surface area contributed by atoms with Gasteiger partial charge in [0.2, 0.25) is 0 Å². The van der Waals surface area contributed by atoms with Crippen molar-refractivity contribution in [3.8, 4) is 18.1 Å². The Kier molecular flexibility index (Phi) is 4.60. The van der Waals surface area contributed by atoms with Crippen molar-refractivity contribution in [2.24, 2.45) is 0 Å². The first-order valence-corrected chi connectivity index (χ1v) is 6.18. The Bertz CT molecular complexity index is 555. The van der Waals surface area contributed by atoms with Crippen LogP contribution < -0.4 is 4.74 Å². The van der Waals surface area contributed by atoms with Crippen LogP contribution in [-0.4, -0.2) is 5.11 Å². The molecule has 0 aliphatic carbocycles. The van der Waals surface area contributed by atoms with Gasteiger partial charge < -0.3 is 9.84 Å². The quantitative estimate of drug-likeness (QED) is 0.827. The SMILES string of the molecule is C#CCC(O)c1cccc(OCc2ccccc2)c1. The summed E-state index contributed by atoms with van der Waals surface area (Å²) < 4.78 is 5.70. The molecule has 0 aliphatic rings. The number of aliphatic hydroxyl groups excluding tert-OH is 1. The number of ether oxygens (including phenoxy) is 1. The fourth-order valence-corrected chi connectivity index (χ4v) is 1.78. The van der Waals surface area contributed by atoms with Crippen molar-refractivity contribution in [2.75, 3.05) is 0 Å². The third kappa shape index (κ3) is 3.87. The predicted octanol–water partition coefficient (Wildman–Crippen LogP) is 3.32. The summed E-state index contributed by atoms with van der Waals surface area (Å²) >= 11 is 0. The van der Waals surface area contributed by atoms with E-state index in [1.54, 1.807) is 0 Å². The summed E-state index contributed by atoms with van der Waals surface area (Å²) in [5.74, 6) is 3.19. The van der Waals surface area contributed by atoms with Gasteiger partial charge in [-0.25, -0.2) is 0 Å². The van der Waals surface area contributed by atoms with Crippen LogP contribution in [0.15, 0.2) is 54.6 Å². The lowest BCUT2D eigenvalue weighted by Crippen LogP contribution is -1.98. The molecule has 0 saturated carbocycles. The molecular weight excluding hydrogens is 236 g/mol. The van der Waals surface area contributed by atoms with E-state index in [-0.39, 0.29) is 0 Å². The third-order valence-electron chi connectivity index (χ3n) is 2.80. The highest BCUT2D eigenvalue weighted by molar-refractivity contribution is 5.30. The number of terminal acetylenes is 1. The third-order valence-corrected chi connectivity index (χ3v) is 2.80. The Hall–Kier alpha value is -2.24. The van der Waals surface area contributed by atoms with Crippen molar-refractivity contribution in [1.29, 1.82) is 0 Å². The van der Waals surface area contributed by atoms with Crippen LogP contribution in [-0.2, 0) is 6.61 Å². The maximum Gasteiger partial charge on any atom is 0.120 e. The van der Waals surface area contributed by atoms with Gasteiger partial charge in [0.05, 0.1) is 6.10 Å². The molecule has 0 aliphatic heterocycles. The lowest BCUT2D eigenvalue weighted by molar-refractivity contribution is 0.183. The molecule has 1 atom stereocenters. The highest BCUT2D eigenvalue weighted by atomic mass is 16.5. The Labute approximate surface area is 113 Å². The molecule has 2 heteroatoms. The second-order valence-corrected chi connectivity index (χ2v) is 4.27. The van der Waals surface area contributed by atoms with Gasteiger partial charge in [0.15, 0.2) is 0 Å². The molecule has 1 N–H and O–H groups in total. The molecule has 0 fully saturated rings. The van der Waals surface area contributed by atoms with E-state index in [0.717, 1.165) is 16.9 Å². The molecule has 0 saturated heterocycles. The first-order chi connectivity index (χ1) is 9.29. The van der Waals surface area contributed by atoms with Gasteiger partial charge in [-0.05, 0) is 23.3 Å². The molecule has 2 aromatic rings. The average Bonchev–Trinajstić information content (AvgIpc) is 2.47. The maximum atomic E-state index is 9.83. The van der Waals surface area contributed by atoms with Gasteiger partial charge in [-0.15, -0.1) is 12.3 Å². The highest BCUT2D eigenvalue weighted by Crippen LogP contribution is 2.21. The molecule has 0 spiro atoms. The van der Waals surface area contributed by atoms with E-state index < -0.39 is 6.10 Å². The fraction of sp³-hybridized carbons (Fsp3) is 0.176.